The van der Waals surface area contributed by atoms with Crippen molar-refractivity contribution >= 4 is 14.3 Å². The van der Waals surface area contributed by atoms with Crippen molar-refractivity contribution in [1.82, 2.24) is 4.90 Å². The summed E-state index contributed by atoms with van der Waals surface area (Å²) >= 11 is 0. The van der Waals surface area contributed by atoms with E-state index < -0.39 is 61.8 Å². The van der Waals surface area contributed by atoms with Crippen molar-refractivity contribution in [1.29, 1.82) is 0 Å². The molecule has 10 nitrogen and oxygen atoms in total. The quantitative estimate of drug-likeness (QED) is 0.0932. The predicted octanol–water partition coefficient (Wildman–Crippen LogP) is 7.58. The van der Waals surface area contributed by atoms with E-state index in [0.29, 0.717) is 29.7 Å². The Morgan fingerprint density at radius 1 is 1.12 bits per heavy atom. The third kappa shape index (κ3) is 11.1. The van der Waals surface area contributed by atoms with Gasteiger partial charge in [-0.05, 0) is 104 Å². The fourth-order valence-corrected chi connectivity index (χ4v) is 9.02. The van der Waals surface area contributed by atoms with Crippen LogP contribution >= 0.6 is 0 Å². The molecule has 4 unspecified atom stereocenters. The lowest BCUT2D eigenvalue weighted by Gasteiger charge is -2.48. The minimum absolute atomic E-state index is 0.0111. The van der Waals surface area contributed by atoms with Gasteiger partial charge in [0.05, 0.1) is 35.6 Å². The fraction of sp³-hybridized carbons (Fsp3) is 0.875. The number of cyclic esters (lactones) is 1. The van der Waals surface area contributed by atoms with Crippen molar-refractivity contribution < 1.29 is 43.1 Å². The summed E-state index contributed by atoms with van der Waals surface area (Å²) in [4.78, 5) is 15.2. The highest BCUT2D eigenvalue weighted by Crippen LogP contribution is 2.43. The monoisotopic (exact) mass is 742 g/mol. The van der Waals surface area contributed by atoms with Crippen LogP contribution in [-0.2, 0) is 32.9 Å². The standard InChI is InChI=1S/C40H75NO9Si/c1-20-31(50-51(18,19)37(8,9)10)39(13,44)22-24(2)32(42)25(3)23-40(14,45-17)34(28(6)33-29(7)35(43)49-38(11,12)48-33)47-36-27(5)30(41(15)16)21-26(4)46-36/h22,25-28,30-32,34,36,42,44H,20-21,23H2,1-19H3/b24-22+/t25-,26?,27?,28+,30?,31-,32?,34-,36+,39+,40-/m1/s1. The van der Waals surface area contributed by atoms with Crippen LogP contribution in [0.3, 0.4) is 0 Å². The molecule has 11 atom stereocenters. The van der Waals surface area contributed by atoms with Gasteiger partial charge in [-0.3, -0.25) is 0 Å². The number of nitrogens with zero attached hydrogens (tertiary/aromatic N) is 1. The van der Waals surface area contributed by atoms with Crippen LogP contribution in [0.25, 0.3) is 0 Å². The molecular weight excluding hydrogens is 667 g/mol. The van der Waals surface area contributed by atoms with Crippen LogP contribution in [0.2, 0.25) is 18.1 Å². The molecule has 1 fully saturated rings. The molecule has 2 N–H and O–H groups in total. The summed E-state index contributed by atoms with van der Waals surface area (Å²) in [5, 5.41) is 23.5. The van der Waals surface area contributed by atoms with Crippen LogP contribution in [0.5, 0.6) is 0 Å². The lowest BCUT2D eigenvalue weighted by Crippen LogP contribution is -2.56. The molecule has 0 radical (unpaired) electrons. The molecule has 0 spiro atoms. The van der Waals surface area contributed by atoms with E-state index in [2.05, 4.69) is 66.7 Å². The van der Waals surface area contributed by atoms with Crippen LogP contribution < -0.4 is 0 Å². The first-order valence-electron chi connectivity index (χ1n) is 19.0. The van der Waals surface area contributed by atoms with E-state index in [1.807, 2.05) is 34.6 Å². The van der Waals surface area contributed by atoms with Gasteiger partial charge in [0.1, 0.15) is 11.4 Å². The minimum Gasteiger partial charge on any atom is -0.456 e. The summed E-state index contributed by atoms with van der Waals surface area (Å²) in [5.41, 5.74) is -1.23. The molecule has 2 aliphatic heterocycles. The number of carbonyl (C=O) groups is 1. The molecule has 2 rings (SSSR count). The van der Waals surface area contributed by atoms with Gasteiger partial charge in [-0.2, -0.15) is 0 Å². The summed E-state index contributed by atoms with van der Waals surface area (Å²) in [6, 6.07) is 0.234. The summed E-state index contributed by atoms with van der Waals surface area (Å²) in [5.74, 6) is -1.84. The fourth-order valence-electron chi connectivity index (χ4n) is 7.55. The van der Waals surface area contributed by atoms with Crippen molar-refractivity contribution in [3.8, 4) is 0 Å². The number of hydrogen-bond donors (Lipinski definition) is 2. The first-order chi connectivity index (χ1) is 23.0. The lowest BCUT2D eigenvalue weighted by atomic mass is 9.78. The third-order valence-electron chi connectivity index (χ3n) is 11.7. The number of aliphatic hydroxyl groups is 2. The average Bonchev–Trinajstić information content (AvgIpc) is 2.99. The molecule has 0 aromatic heterocycles. The van der Waals surface area contributed by atoms with E-state index in [0.717, 1.165) is 6.42 Å². The van der Waals surface area contributed by atoms with Gasteiger partial charge in [-0.15, -0.1) is 0 Å². The van der Waals surface area contributed by atoms with Gasteiger partial charge in [-0.1, -0.05) is 48.5 Å². The number of carbonyl (C=O) groups excluding carboxylic acids is 1. The number of hydrogen-bond acceptors (Lipinski definition) is 10. The Morgan fingerprint density at radius 2 is 1.69 bits per heavy atom. The number of aliphatic hydroxyl groups excluding tert-OH is 1. The second kappa shape index (κ2) is 17.0. The van der Waals surface area contributed by atoms with Gasteiger partial charge in [0.15, 0.2) is 14.6 Å². The molecule has 0 saturated carbocycles. The highest BCUT2D eigenvalue weighted by molar-refractivity contribution is 6.74. The average molecular weight is 742 g/mol. The number of methoxy groups -OCH3 is 1. The topological polar surface area (TPSA) is 116 Å². The van der Waals surface area contributed by atoms with Gasteiger partial charge in [0, 0.05) is 38.8 Å². The molecule has 0 aromatic rings. The van der Waals surface area contributed by atoms with Crippen molar-refractivity contribution in [3.05, 3.63) is 23.0 Å². The van der Waals surface area contributed by atoms with Gasteiger partial charge in [0.2, 0.25) is 5.79 Å². The molecule has 11 heteroatoms. The molecule has 2 heterocycles. The molecular formula is C40H75NO9Si. The smallest absolute Gasteiger partial charge is 0.340 e. The van der Waals surface area contributed by atoms with Crippen molar-refractivity contribution in [2.45, 2.75) is 188 Å². The van der Waals surface area contributed by atoms with Gasteiger partial charge >= 0.3 is 5.97 Å². The predicted molar refractivity (Wildman–Crippen MR) is 206 cm³/mol. The van der Waals surface area contributed by atoms with Crippen molar-refractivity contribution in [3.63, 3.8) is 0 Å². The van der Waals surface area contributed by atoms with Gasteiger partial charge < -0.3 is 43.2 Å². The minimum atomic E-state index is -2.17. The highest BCUT2D eigenvalue weighted by Gasteiger charge is 2.49. The van der Waals surface area contributed by atoms with Crippen LogP contribution in [0.4, 0.5) is 0 Å². The molecule has 0 bridgehead atoms. The Balaban J connectivity index is 2.53. The highest BCUT2D eigenvalue weighted by atomic mass is 28.4. The molecule has 1 saturated heterocycles. The van der Waals surface area contributed by atoms with Crippen LogP contribution in [0.1, 0.15) is 116 Å². The second-order valence-corrected chi connectivity index (χ2v) is 23.0. The zero-order chi connectivity index (χ0) is 39.7. The van der Waals surface area contributed by atoms with E-state index >= 15 is 0 Å². The van der Waals surface area contributed by atoms with E-state index in [1.165, 1.54) is 0 Å². The van der Waals surface area contributed by atoms with E-state index in [9.17, 15) is 15.0 Å². The maximum Gasteiger partial charge on any atom is 0.340 e. The Bertz CT molecular complexity index is 1240. The van der Waals surface area contributed by atoms with E-state index in [-0.39, 0.29) is 29.0 Å². The zero-order valence-corrected chi connectivity index (χ0v) is 36.6. The number of ether oxygens (including phenoxy) is 5. The van der Waals surface area contributed by atoms with E-state index in [1.54, 1.807) is 40.9 Å². The van der Waals surface area contributed by atoms with Crippen LogP contribution in [-0.4, -0.2) is 104 Å². The van der Waals surface area contributed by atoms with Gasteiger partial charge in [0.25, 0.3) is 0 Å². The second-order valence-electron chi connectivity index (χ2n) is 18.2. The molecule has 0 aromatic carbocycles. The summed E-state index contributed by atoms with van der Waals surface area (Å²) < 4.78 is 38.4. The summed E-state index contributed by atoms with van der Waals surface area (Å²) in [6.07, 6.45) is 1.09. The molecule has 298 valence electrons. The molecule has 2 aliphatic rings. The summed E-state index contributed by atoms with van der Waals surface area (Å²) in [6.45, 7) is 31.8. The number of esters is 1. The lowest BCUT2D eigenvalue weighted by molar-refractivity contribution is -0.285. The molecule has 51 heavy (non-hydrogen) atoms. The Labute approximate surface area is 311 Å². The number of rotatable bonds is 16. The first-order valence-corrected chi connectivity index (χ1v) is 21.9. The van der Waals surface area contributed by atoms with Crippen molar-refractivity contribution in [2.24, 2.45) is 17.8 Å². The SMILES string of the molecule is CC[C@@H](O[Si](C)(C)C(C)(C)C)[C@@](C)(O)/C=C(\C)C(O)[C@H](C)C[C@@](C)(OC)[C@H](O[C@@H]1OC(C)CC(N(C)C)C1C)[C@@H](C)C1=C(C)C(=O)OC(C)(C)O1. The van der Waals surface area contributed by atoms with Gasteiger partial charge in [-0.25, -0.2) is 4.79 Å². The molecule has 0 amide bonds. The zero-order valence-electron chi connectivity index (χ0n) is 35.6. The largest absolute Gasteiger partial charge is 0.456 e. The third-order valence-corrected chi connectivity index (χ3v) is 16.2. The van der Waals surface area contributed by atoms with Crippen LogP contribution in [0.15, 0.2) is 23.0 Å². The Morgan fingerprint density at radius 3 is 2.18 bits per heavy atom. The maximum atomic E-state index is 13.0. The Hall–Kier alpha value is -1.31. The Kier molecular flexibility index (Phi) is 15.3. The first kappa shape index (κ1) is 45.8. The van der Waals surface area contributed by atoms with Crippen molar-refractivity contribution in [2.75, 3.05) is 21.2 Å². The maximum absolute atomic E-state index is 13.0. The summed E-state index contributed by atoms with van der Waals surface area (Å²) in [7, 11) is 3.63. The normalized spacial score (nSPS) is 29.0. The van der Waals surface area contributed by atoms with E-state index in [4.69, 9.17) is 28.1 Å². The molecule has 0 aliphatic carbocycles. The van der Waals surface area contributed by atoms with Crippen LogP contribution in [0, 0.1) is 17.8 Å².